The van der Waals surface area contributed by atoms with Crippen molar-refractivity contribution in [1.82, 2.24) is 19.8 Å². The minimum Gasteiger partial charge on any atom is -0.464 e. The summed E-state index contributed by atoms with van der Waals surface area (Å²) in [6.45, 7) is 6.49. The number of nitrogens with one attached hydrogen (secondary N) is 1. The Morgan fingerprint density at radius 3 is 2.74 bits per heavy atom. The standard InChI is InChI=1S/C21H26N4OS/c1-17-9-10-20(26-17)15-25(13-6-12-24-14-11-22-16-24)21(27)23-18(2)19-7-4-3-5-8-19/h3-5,7-11,14,16,18H,6,12-13,15H2,1-2H3,(H,23,27). The molecule has 142 valence electrons. The number of hydrogen-bond donors (Lipinski definition) is 1. The summed E-state index contributed by atoms with van der Waals surface area (Å²) in [5.74, 6) is 1.84. The quantitative estimate of drug-likeness (QED) is 0.588. The number of rotatable bonds is 8. The molecule has 3 aromatic rings. The molecule has 0 spiro atoms. The first-order valence-corrected chi connectivity index (χ1v) is 9.64. The molecule has 1 N–H and O–H groups in total. The molecule has 0 radical (unpaired) electrons. The van der Waals surface area contributed by atoms with E-state index in [1.165, 1.54) is 5.56 Å². The first-order chi connectivity index (χ1) is 13.1. The van der Waals surface area contributed by atoms with Gasteiger partial charge in [0.15, 0.2) is 5.11 Å². The van der Waals surface area contributed by atoms with E-state index in [0.29, 0.717) is 6.54 Å². The number of thiocarbonyl (C=S) groups is 1. The molecule has 0 aliphatic carbocycles. The van der Waals surface area contributed by atoms with Gasteiger partial charge in [0, 0.05) is 25.5 Å². The van der Waals surface area contributed by atoms with Crippen LogP contribution in [0, 0.1) is 6.92 Å². The molecule has 0 amide bonds. The van der Waals surface area contributed by atoms with Gasteiger partial charge in [0.25, 0.3) is 0 Å². The molecule has 1 unspecified atom stereocenters. The number of aryl methyl sites for hydroxylation is 2. The summed E-state index contributed by atoms with van der Waals surface area (Å²) >= 11 is 5.73. The normalized spacial score (nSPS) is 11.9. The van der Waals surface area contributed by atoms with Crippen LogP contribution in [0.4, 0.5) is 0 Å². The molecule has 0 aliphatic heterocycles. The second-order valence-electron chi connectivity index (χ2n) is 6.67. The zero-order valence-electron chi connectivity index (χ0n) is 15.8. The van der Waals surface area contributed by atoms with E-state index in [0.717, 1.165) is 36.1 Å². The topological polar surface area (TPSA) is 46.2 Å². The van der Waals surface area contributed by atoms with Crippen molar-refractivity contribution in [2.45, 2.75) is 39.4 Å². The first-order valence-electron chi connectivity index (χ1n) is 9.23. The molecule has 6 heteroatoms. The van der Waals surface area contributed by atoms with Gasteiger partial charge >= 0.3 is 0 Å². The van der Waals surface area contributed by atoms with Gasteiger partial charge < -0.3 is 19.2 Å². The lowest BCUT2D eigenvalue weighted by Crippen LogP contribution is -2.41. The lowest BCUT2D eigenvalue weighted by molar-refractivity contribution is 0.338. The van der Waals surface area contributed by atoms with Crippen molar-refractivity contribution < 1.29 is 4.42 Å². The van der Waals surface area contributed by atoms with Gasteiger partial charge in [-0.15, -0.1) is 0 Å². The van der Waals surface area contributed by atoms with Gasteiger partial charge in [-0.3, -0.25) is 0 Å². The van der Waals surface area contributed by atoms with E-state index >= 15 is 0 Å². The van der Waals surface area contributed by atoms with Crippen LogP contribution in [-0.2, 0) is 13.1 Å². The Kier molecular flexibility index (Phi) is 6.65. The minimum absolute atomic E-state index is 0.146. The van der Waals surface area contributed by atoms with Crippen molar-refractivity contribution in [3.8, 4) is 0 Å². The van der Waals surface area contributed by atoms with Crippen LogP contribution in [-0.4, -0.2) is 26.1 Å². The molecule has 27 heavy (non-hydrogen) atoms. The molecule has 0 bridgehead atoms. The molecule has 0 aliphatic rings. The Morgan fingerprint density at radius 1 is 1.26 bits per heavy atom. The van der Waals surface area contributed by atoms with Crippen molar-refractivity contribution in [1.29, 1.82) is 0 Å². The summed E-state index contributed by atoms with van der Waals surface area (Å²) in [6.07, 6.45) is 6.59. The van der Waals surface area contributed by atoms with Crippen LogP contribution in [0.3, 0.4) is 0 Å². The third-order valence-corrected chi connectivity index (χ3v) is 4.85. The maximum Gasteiger partial charge on any atom is 0.169 e. The van der Waals surface area contributed by atoms with Crippen molar-refractivity contribution in [3.63, 3.8) is 0 Å². The van der Waals surface area contributed by atoms with Crippen LogP contribution in [0.25, 0.3) is 0 Å². The summed E-state index contributed by atoms with van der Waals surface area (Å²) in [6, 6.07) is 14.5. The zero-order valence-corrected chi connectivity index (χ0v) is 16.7. The molecule has 2 heterocycles. The molecule has 3 rings (SSSR count). The van der Waals surface area contributed by atoms with Gasteiger partial charge in [-0.05, 0) is 50.2 Å². The number of furan rings is 1. The Labute approximate surface area is 166 Å². The molecule has 0 saturated carbocycles. The van der Waals surface area contributed by atoms with Crippen LogP contribution in [0.5, 0.6) is 0 Å². The number of imidazole rings is 1. The predicted molar refractivity (Wildman–Crippen MR) is 111 cm³/mol. The van der Waals surface area contributed by atoms with Crippen LogP contribution in [0.1, 0.15) is 36.5 Å². The van der Waals surface area contributed by atoms with Gasteiger partial charge in [-0.25, -0.2) is 4.98 Å². The van der Waals surface area contributed by atoms with Crippen LogP contribution >= 0.6 is 12.2 Å². The van der Waals surface area contributed by atoms with Gasteiger partial charge in [-0.1, -0.05) is 30.3 Å². The molecule has 5 nitrogen and oxygen atoms in total. The Balaban J connectivity index is 1.62. The maximum absolute atomic E-state index is 5.76. The Morgan fingerprint density at radius 2 is 2.07 bits per heavy atom. The molecule has 1 atom stereocenters. The van der Waals surface area contributed by atoms with Crippen molar-refractivity contribution in [2.24, 2.45) is 0 Å². The second kappa shape index (κ2) is 9.37. The van der Waals surface area contributed by atoms with Crippen molar-refractivity contribution in [2.75, 3.05) is 6.54 Å². The van der Waals surface area contributed by atoms with E-state index in [4.69, 9.17) is 16.6 Å². The Bertz CT molecular complexity index is 829. The third-order valence-electron chi connectivity index (χ3n) is 4.47. The fraction of sp³-hybridized carbons (Fsp3) is 0.333. The first kappa shape index (κ1) is 19.2. The average molecular weight is 383 g/mol. The highest BCUT2D eigenvalue weighted by Crippen LogP contribution is 2.14. The number of nitrogens with zero attached hydrogens (tertiary/aromatic N) is 3. The number of aromatic nitrogens is 2. The lowest BCUT2D eigenvalue weighted by atomic mass is 10.1. The van der Waals surface area contributed by atoms with E-state index in [1.807, 2.05) is 49.8 Å². The summed E-state index contributed by atoms with van der Waals surface area (Å²) in [5, 5.41) is 4.21. The SMILES string of the molecule is Cc1ccc(CN(CCCn2ccnc2)C(=S)NC(C)c2ccccc2)o1. The lowest BCUT2D eigenvalue weighted by Gasteiger charge is -2.27. The van der Waals surface area contributed by atoms with Gasteiger partial charge in [0.05, 0.1) is 18.9 Å². The Hall–Kier alpha value is -2.60. The predicted octanol–water partition coefficient (Wildman–Crippen LogP) is 4.31. The highest BCUT2D eigenvalue weighted by Gasteiger charge is 2.15. The summed E-state index contributed by atoms with van der Waals surface area (Å²) in [7, 11) is 0. The van der Waals surface area contributed by atoms with Crippen molar-refractivity contribution >= 4 is 17.3 Å². The average Bonchev–Trinajstić information content (AvgIpc) is 3.33. The highest BCUT2D eigenvalue weighted by atomic mass is 32.1. The van der Waals surface area contributed by atoms with E-state index in [9.17, 15) is 0 Å². The molecule has 1 aromatic carbocycles. The fourth-order valence-corrected chi connectivity index (χ4v) is 3.31. The summed E-state index contributed by atoms with van der Waals surface area (Å²) in [4.78, 5) is 6.27. The summed E-state index contributed by atoms with van der Waals surface area (Å²) in [5.41, 5.74) is 1.21. The van der Waals surface area contributed by atoms with Crippen molar-refractivity contribution in [3.05, 3.63) is 78.3 Å². The van der Waals surface area contributed by atoms with Crippen LogP contribution < -0.4 is 5.32 Å². The summed E-state index contributed by atoms with van der Waals surface area (Å²) < 4.78 is 7.84. The molecule has 2 aromatic heterocycles. The number of hydrogen-bond acceptors (Lipinski definition) is 3. The van der Waals surface area contributed by atoms with Gasteiger partial charge in [0.1, 0.15) is 11.5 Å². The third kappa shape index (κ3) is 5.69. The van der Waals surface area contributed by atoms with E-state index in [1.54, 1.807) is 6.20 Å². The molecular formula is C21H26N4OS. The zero-order chi connectivity index (χ0) is 19.1. The van der Waals surface area contributed by atoms with E-state index in [-0.39, 0.29) is 6.04 Å². The number of benzene rings is 1. The van der Waals surface area contributed by atoms with Crippen LogP contribution in [0.2, 0.25) is 0 Å². The van der Waals surface area contributed by atoms with Crippen LogP contribution in [0.15, 0.2) is 65.6 Å². The highest BCUT2D eigenvalue weighted by molar-refractivity contribution is 7.80. The largest absolute Gasteiger partial charge is 0.464 e. The van der Waals surface area contributed by atoms with Gasteiger partial charge in [0.2, 0.25) is 0 Å². The van der Waals surface area contributed by atoms with E-state index in [2.05, 4.69) is 38.8 Å². The van der Waals surface area contributed by atoms with E-state index < -0.39 is 0 Å². The smallest absolute Gasteiger partial charge is 0.169 e. The fourth-order valence-electron chi connectivity index (χ4n) is 2.98. The second-order valence-corrected chi connectivity index (χ2v) is 7.06. The molecule has 0 fully saturated rings. The monoisotopic (exact) mass is 382 g/mol. The molecule has 0 saturated heterocycles. The minimum atomic E-state index is 0.146. The van der Waals surface area contributed by atoms with Gasteiger partial charge in [-0.2, -0.15) is 0 Å². The molecular weight excluding hydrogens is 356 g/mol. The maximum atomic E-state index is 5.76.